The summed E-state index contributed by atoms with van der Waals surface area (Å²) in [6.45, 7) is 2.99. The first-order valence-corrected chi connectivity index (χ1v) is 9.52. The van der Waals surface area contributed by atoms with E-state index in [0.717, 1.165) is 18.4 Å². The summed E-state index contributed by atoms with van der Waals surface area (Å²) < 4.78 is 24.7. The first kappa shape index (κ1) is 18.9. The summed E-state index contributed by atoms with van der Waals surface area (Å²) in [5.74, 6) is -0.190. The van der Waals surface area contributed by atoms with Crippen LogP contribution in [0.25, 0.3) is 0 Å². The molecule has 1 rings (SSSR count). The van der Waals surface area contributed by atoms with E-state index in [4.69, 9.17) is 11.6 Å². The van der Waals surface area contributed by atoms with Gasteiger partial charge < -0.3 is 5.32 Å². The van der Waals surface area contributed by atoms with Gasteiger partial charge in [0.25, 0.3) is 0 Å². The van der Waals surface area contributed by atoms with Crippen molar-refractivity contribution in [2.75, 3.05) is 19.3 Å². The molecule has 0 aromatic heterocycles. The zero-order chi connectivity index (χ0) is 16.6. The molecule has 0 aliphatic heterocycles. The number of carbonyl (C=O) groups excluding carboxylic acids is 1. The Bertz CT molecular complexity index is 590. The number of benzene rings is 1. The van der Waals surface area contributed by atoms with E-state index >= 15 is 0 Å². The highest BCUT2D eigenvalue weighted by Gasteiger charge is 2.17. The van der Waals surface area contributed by atoms with E-state index in [-0.39, 0.29) is 18.9 Å². The Morgan fingerprint density at radius 2 is 1.95 bits per heavy atom. The fourth-order valence-corrected chi connectivity index (χ4v) is 3.01. The van der Waals surface area contributed by atoms with Crippen LogP contribution in [0.3, 0.4) is 0 Å². The largest absolute Gasteiger partial charge is 0.352 e. The van der Waals surface area contributed by atoms with Gasteiger partial charge in [0, 0.05) is 31.1 Å². The lowest BCUT2D eigenvalue weighted by atomic mass is 10.2. The Morgan fingerprint density at radius 1 is 1.27 bits per heavy atom. The van der Waals surface area contributed by atoms with Crippen LogP contribution >= 0.6 is 11.6 Å². The molecule has 0 bridgehead atoms. The van der Waals surface area contributed by atoms with Crippen LogP contribution in [0.1, 0.15) is 31.7 Å². The average molecular weight is 347 g/mol. The zero-order valence-corrected chi connectivity index (χ0v) is 14.6. The molecule has 0 radical (unpaired) electrons. The third-order valence-electron chi connectivity index (χ3n) is 3.25. The van der Waals surface area contributed by atoms with Gasteiger partial charge in [0.15, 0.2) is 0 Å². The van der Waals surface area contributed by atoms with Gasteiger partial charge in [-0.2, -0.15) is 0 Å². The van der Waals surface area contributed by atoms with Gasteiger partial charge in [-0.05, 0) is 18.1 Å². The number of nitrogens with zero attached hydrogens (tertiary/aromatic N) is 1. The predicted octanol–water partition coefficient (Wildman–Crippen LogP) is 2.41. The lowest BCUT2D eigenvalue weighted by molar-refractivity contribution is -0.121. The van der Waals surface area contributed by atoms with Gasteiger partial charge in [-0.15, -0.1) is 0 Å². The first-order valence-electron chi connectivity index (χ1n) is 7.29. The molecular weight excluding hydrogens is 324 g/mol. The van der Waals surface area contributed by atoms with Crippen molar-refractivity contribution in [2.45, 2.75) is 32.7 Å². The third kappa shape index (κ3) is 6.77. The van der Waals surface area contributed by atoms with Crippen molar-refractivity contribution in [2.24, 2.45) is 0 Å². The average Bonchev–Trinajstić information content (AvgIpc) is 2.45. The maximum Gasteiger partial charge on any atom is 0.221 e. The Labute approximate surface area is 137 Å². The molecule has 0 atom stereocenters. The van der Waals surface area contributed by atoms with Crippen LogP contribution in [0.4, 0.5) is 0 Å². The lowest BCUT2D eigenvalue weighted by Crippen LogP contribution is -2.35. The van der Waals surface area contributed by atoms with Crippen LogP contribution in [0.5, 0.6) is 0 Å². The van der Waals surface area contributed by atoms with E-state index in [1.807, 2.05) is 25.1 Å². The first-order chi connectivity index (χ1) is 10.3. The van der Waals surface area contributed by atoms with Crippen LogP contribution in [0.15, 0.2) is 24.3 Å². The van der Waals surface area contributed by atoms with Gasteiger partial charge >= 0.3 is 0 Å². The van der Waals surface area contributed by atoms with Crippen molar-refractivity contribution < 1.29 is 13.2 Å². The Kier molecular flexibility index (Phi) is 7.85. The van der Waals surface area contributed by atoms with Crippen molar-refractivity contribution in [3.05, 3.63) is 34.9 Å². The minimum Gasteiger partial charge on any atom is -0.352 e. The number of sulfonamides is 1. The van der Waals surface area contributed by atoms with E-state index < -0.39 is 10.0 Å². The molecule has 0 heterocycles. The maximum absolute atomic E-state index is 11.9. The standard InChI is InChI=1S/C15H23ClN2O3S/c1-3-4-10-18(22(2,20)21)11-9-15(19)17-12-13-7-5-6-8-14(13)16/h5-8H,3-4,9-12H2,1-2H3,(H,17,19). The van der Waals surface area contributed by atoms with E-state index in [0.29, 0.717) is 18.1 Å². The molecule has 0 saturated heterocycles. The minimum atomic E-state index is -3.27. The number of unbranched alkanes of at least 4 members (excludes halogenated alkanes) is 1. The van der Waals surface area contributed by atoms with Crippen molar-refractivity contribution >= 4 is 27.5 Å². The molecule has 22 heavy (non-hydrogen) atoms. The SMILES string of the molecule is CCCCN(CCC(=O)NCc1ccccc1Cl)S(C)(=O)=O. The van der Waals surface area contributed by atoms with Crippen molar-refractivity contribution in [1.82, 2.24) is 9.62 Å². The highest BCUT2D eigenvalue weighted by atomic mass is 35.5. The van der Waals surface area contributed by atoms with Crippen LogP contribution in [-0.2, 0) is 21.4 Å². The second kappa shape index (κ2) is 9.12. The Hall–Kier alpha value is -1.11. The molecule has 0 aliphatic rings. The fourth-order valence-electron chi connectivity index (χ4n) is 1.93. The summed E-state index contributed by atoms with van der Waals surface area (Å²) in [6.07, 6.45) is 3.00. The zero-order valence-electron chi connectivity index (χ0n) is 13.0. The molecule has 0 fully saturated rings. The summed E-state index contributed by atoms with van der Waals surface area (Å²) in [4.78, 5) is 11.9. The number of halogens is 1. The summed E-state index contributed by atoms with van der Waals surface area (Å²) in [7, 11) is -3.27. The second-order valence-corrected chi connectivity index (χ2v) is 7.52. The van der Waals surface area contributed by atoms with Gasteiger partial charge in [0.2, 0.25) is 15.9 Å². The number of rotatable bonds is 9. The highest BCUT2D eigenvalue weighted by molar-refractivity contribution is 7.88. The molecule has 0 aliphatic carbocycles. The molecular formula is C15H23ClN2O3S. The quantitative estimate of drug-likeness (QED) is 0.746. The summed E-state index contributed by atoms with van der Waals surface area (Å²) in [5, 5.41) is 3.36. The van der Waals surface area contributed by atoms with Gasteiger partial charge in [-0.25, -0.2) is 12.7 Å². The number of nitrogens with one attached hydrogen (secondary N) is 1. The van der Waals surface area contributed by atoms with Gasteiger partial charge in [-0.3, -0.25) is 4.79 Å². The molecule has 7 heteroatoms. The van der Waals surface area contributed by atoms with Crippen LogP contribution in [-0.4, -0.2) is 38.0 Å². The third-order valence-corrected chi connectivity index (χ3v) is 4.92. The molecule has 0 spiro atoms. The van der Waals surface area contributed by atoms with Crippen LogP contribution < -0.4 is 5.32 Å². The monoisotopic (exact) mass is 346 g/mol. The number of amides is 1. The summed E-state index contributed by atoms with van der Waals surface area (Å²) in [5.41, 5.74) is 0.837. The molecule has 1 N–H and O–H groups in total. The topological polar surface area (TPSA) is 66.5 Å². The van der Waals surface area contributed by atoms with Gasteiger partial charge in [0.05, 0.1) is 6.26 Å². The number of hydrogen-bond acceptors (Lipinski definition) is 3. The van der Waals surface area contributed by atoms with E-state index in [1.54, 1.807) is 6.07 Å². The van der Waals surface area contributed by atoms with Crippen molar-refractivity contribution in [3.63, 3.8) is 0 Å². The highest BCUT2D eigenvalue weighted by Crippen LogP contribution is 2.14. The number of hydrogen-bond donors (Lipinski definition) is 1. The smallest absolute Gasteiger partial charge is 0.221 e. The Morgan fingerprint density at radius 3 is 2.55 bits per heavy atom. The molecule has 0 saturated carbocycles. The van der Waals surface area contributed by atoms with E-state index in [2.05, 4.69) is 5.32 Å². The maximum atomic E-state index is 11.9. The molecule has 124 valence electrons. The molecule has 1 aromatic rings. The molecule has 1 amide bonds. The van der Waals surface area contributed by atoms with Gasteiger partial charge in [-0.1, -0.05) is 43.1 Å². The van der Waals surface area contributed by atoms with Gasteiger partial charge in [0.1, 0.15) is 0 Å². The normalized spacial score (nSPS) is 11.6. The fraction of sp³-hybridized carbons (Fsp3) is 0.533. The Balaban J connectivity index is 2.45. The van der Waals surface area contributed by atoms with Crippen LogP contribution in [0.2, 0.25) is 5.02 Å². The molecule has 1 aromatic carbocycles. The summed E-state index contributed by atoms with van der Waals surface area (Å²) in [6, 6.07) is 7.28. The van der Waals surface area contributed by atoms with Crippen LogP contribution in [0, 0.1) is 0 Å². The molecule has 5 nitrogen and oxygen atoms in total. The lowest BCUT2D eigenvalue weighted by Gasteiger charge is -2.19. The minimum absolute atomic E-state index is 0.140. The second-order valence-electron chi connectivity index (χ2n) is 5.13. The predicted molar refractivity (Wildman–Crippen MR) is 89.2 cm³/mol. The van der Waals surface area contributed by atoms with E-state index in [1.165, 1.54) is 10.6 Å². The molecule has 0 unspecified atom stereocenters. The number of carbonyl (C=O) groups is 1. The van der Waals surface area contributed by atoms with Crippen molar-refractivity contribution in [1.29, 1.82) is 0 Å². The summed E-state index contributed by atoms with van der Waals surface area (Å²) >= 11 is 6.01. The van der Waals surface area contributed by atoms with Crippen molar-refractivity contribution in [3.8, 4) is 0 Å². The van der Waals surface area contributed by atoms with E-state index in [9.17, 15) is 13.2 Å².